The molecule has 7 heteroatoms. The number of amides is 2. The van der Waals surface area contributed by atoms with Crippen molar-refractivity contribution in [2.45, 2.75) is 63.3 Å². The number of carboxylic acid groups (broad SMARTS) is 1. The normalized spacial score (nSPS) is 18.5. The maximum absolute atomic E-state index is 12.5. The molecular formula is C28H34N2O5. The summed E-state index contributed by atoms with van der Waals surface area (Å²) in [7, 11) is 0. The maximum Gasteiger partial charge on any atom is 0.407 e. The van der Waals surface area contributed by atoms with Gasteiger partial charge in [0.25, 0.3) is 0 Å². The molecule has 35 heavy (non-hydrogen) atoms. The molecule has 2 amide bonds. The molecule has 0 aromatic heterocycles. The number of ether oxygens (including phenoxy) is 1. The van der Waals surface area contributed by atoms with Crippen molar-refractivity contribution in [1.82, 2.24) is 10.6 Å². The summed E-state index contributed by atoms with van der Waals surface area (Å²) < 4.78 is 5.65. The first-order chi connectivity index (χ1) is 17.0. The molecule has 4 rings (SSSR count). The predicted octanol–water partition coefficient (Wildman–Crippen LogP) is 4.85. The second-order valence-corrected chi connectivity index (χ2v) is 9.60. The number of unbranched alkanes of at least 4 members (excludes halogenated alkanes) is 2. The minimum Gasteiger partial charge on any atom is -0.481 e. The predicted molar refractivity (Wildman–Crippen MR) is 133 cm³/mol. The Kier molecular flexibility index (Phi) is 8.40. The molecule has 0 radical (unpaired) electrons. The van der Waals surface area contributed by atoms with Gasteiger partial charge in [-0.25, -0.2) is 4.79 Å². The van der Waals surface area contributed by atoms with Gasteiger partial charge >= 0.3 is 12.1 Å². The molecule has 2 aromatic rings. The van der Waals surface area contributed by atoms with Crippen molar-refractivity contribution in [1.29, 1.82) is 0 Å². The number of aliphatic carboxylic acids is 1. The fourth-order valence-corrected chi connectivity index (χ4v) is 5.34. The Bertz CT molecular complexity index is 1010. The molecule has 2 aliphatic carbocycles. The summed E-state index contributed by atoms with van der Waals surface area (Å²) in [5.41, 5.74) is 4.79. The van der Waals surface area contributed by atoms with Crippen molar-refractivity contribution in [2.75, 3.05) is 13.2 Å². The van der Waals surface area contributed by atoms with E-state index in [2.05, 4.69) is 34.9 Å². The molecule has 186 valence electrons. The molecule has 3 N–H and O–H groups in total. The molecule has 0 heterocycles. The van der Waals surface area contributed by atoms with Gasteiger partial charge in [0.1, 0.15) is 6.61 Å². The van der Waals surface area contributed by atoms with Gasteiger partial charge in [0, 0.05) is 31.3 Å². The van der Waals surface area contributed by atoms with Crippen LogP contribution in [-0.2, 0) is 14.3 Å². The van der Waals surface area contributed by atoms with Crippen molar-refractivity contribution < 1.29 is 24.2 Å². The van der Waals surface area contributed by atoms with Crippen molar-refractivity contribution in [3.8, 4) is 11.1 Å². The third-order valence-electron chi connectivity index (χ3n) is 7.07. The van der Waals surface area contributed by atoms with E-state index in [9.17, 15) is 14.4 Å². The van der Waals surface area contributed by atoms with Gasteiger partial charge in [0.15, 0.2) is 0 Å². The number of benzene rings is 2. The van der Waals surface area contributed by atoms with Crippen LogP contribution in [0.1, 0.15) is 68.4 Å². The van der Waals surface area contributed by atoms with E-state index in [1.807, 2.05) is 24.3 Å². The third-order valence-corrected chi connectivity index (χ3v) is 7.07. The fourth-order valence-electron chi connectivity index (χ4n) is 5.34. The molecule has 2 aromatic carbocycles. The standard InChI is InChI=1S/C28H34N2O5/c31-26(29-15-7-1-2-12-27(32)33)17-19-13-14-20(16-19)30-28(34)35-18-25-23-10-5-3-8-21(23)22-9-4-6-11-24(22)25/h3-6,8-11,19-20,25H,1-2,7,12-18H2,(H,29,31)(H,30,34)(H,32,33)/t19-,20+/m0/s1. The topological polar surface area (TPSA) is 105 Å². The summed E-state index contributed by atoms with van der Waals surface area (Å²) >= 11 is 0. The van der Waals surface area contributed by atoms with Gasteiger partial charge in [-0.15, -0.1) is 0 Å². The molecule has 1 saturated carbocycles. The quantitative estimate of drug-likeness (QED) is 0.401. The number of carbonyl (C=O) groups excluding carboxylic acids is 2. The van der Waals surface area contributed by atoms with E-state index in [0.29, 0.717) is 26.0 Å². The van der Waals surface area contributed by atoms with Gasteiger partial charge < -0.3 is 20.5 Å². The summed E-state index contributed by atoms with van der Waals surface area (Å²) in [6, 6.07) is 16.6. The van der Waals surface area contributed by atoms with E-state index in [1.165, 1.54) is 22.3 Å². The number of hydrogen-bond donors (Lipinski definition) is 3. The Morgan fingerprint density at radius 2 is 1.60 bits per heavy atom. The molecule has 7 nitrogen and oxygen atoms in total. The highest BCUT2D eigenvalue weighted by Crippen LogP contribution is 2.44. The van der Waals surface area contributed by atoms with E-state index in [-0.39, 0.29) is 30.2 Å². The zero-order chi connectivity index (χ0) is 24.6. The van der Waals surface area contributed by atoms with Crippen molar-refractivity contribution >= 4 is 18.0 Å². The lowest BCUT2D eigenvalue weighted by atomic mass is 9.98. The highest BCUT2D eigenvalue weighted by Gasteiger charge is 2.31. The Balaban J connectivity index is 1.16. The average molecular weight is 479 g/mol. The Hall–Kier alpha value is -3.35. The molecule has 2 aliphatic rings. The van der Waals surface area contributed by atoms with Gasteiger partial charge in [0.2, 0.25) is 5.91 Å². The summed E-state index contributed by atoms with van der Waals surface area (Å²) in [6.07, 6.45) is 4.97. The van der Waals surface area contributed by atoms with Crippen molar-refractivity contribution in [2.24, 2.45) is 5.92 Å². The molecule has 0 spiro atoms. The van der Waals surface area contributed by atoms with Gasteiger partial charge in [-0.2, -0.15) is 0 Å². The monoisotopic (exact) mass is 478 g/mol. The molecule has 2 atom stereocenters. The van der Waals surface area contributed by atoms with Crippen LogP contribution in [0, 0.1) is 5.92 Å². The minimum atomic E-state index is -0.781. The highest BCUT2D eigenvalue weighted by atomic mass is 16.5. The smallest absolute Gasteiger partial charge is 0.407 e. The van der Waals surface area contributed by atoms with Crippen LogP contribution >= 0.6 is 0 Å². The fraction of sp³-hybridized carbons (Fsp3) is 0.464. The molecule has 1 fully saturated rings. The van der Waals surface area contributed by atoms with Crippen molar-refractivity contribution in [3.05, 3.63) is 59.7 Å². The zero-order valence-corrected chi connectivity index (χ0v) is 20.0. The largest absolute Gasteiger partial charge is 0.481 e. The molecule has 0 bridgehead atoms. The average Bonchev–Trinajstić information content (AvgIpc) is 3.41. The maximum atomic E-state index is 12.5. The molecule has 0 unspecified atom stereocenters. The number of rotatable bonds is 11. The van der Waals surface area contributed by atoms with Crippen LogP contribution < -0.4 is 10.6 Å². The Morgan fingerprint density at radius 1 is 0.914 bits per heavy atom. The summed E-state index contributed by atoms with van der Waals surface area (Å²) in [5, 5.41) is 14.6. The Morgan fingerprint density at radius 3 is 2.29 bits per heavy atom. The van der Waals surface area contributed by atoms with Crippen LogP contribution in [0.15, 0.2) is 48.5 Å². The number of nitrogens with one attached hydrogen (secondary N) is 2. The highest BCUT2D eigenvalue weighted by molar-refractivity contribution is 5.79. The van der Waals surface area contributed by atoms with Gasteiger partial charge in [0.05, 0.1) is 0 Å². The van der Waals surface area contributed by atoms with E-state index < -0.39 is 12.1 Å². The van der Waals surface area contributed by atoms with Crippen LogP contribution in [-0.4, -0.2) is 42.3 Å². The first kappa shape index (κ1) is 24.8. The number of alkyl carbamates (subject to hydrolysis) is 1. The summed E-state index contributed by atoms with van der Waals surface area (Å²) in [5.74, 6) is -0.468. The van der Waals surface area contributed by atoms with Gasteiger partial charge in [-0.05, 0) is 60.3 Å². The number of carboxylic acids is 1. The Labute approximate surface area is 206 Å². The first-order valence-corrected chi connectivity index (χ1v) is 12.6. The van der Waals surface area contributed by atoms with Crippen molar-refractivity contribution in [3.63, 3.8) is 0 Å². The van der Waals surface area contributed by atoms with E-state index >= 15 is 0 Å². The lowest BCUT2D eigenvalue weighted by Crippen LogP contribution is -2.34. The second kappa shape index (κ2) is 11.9. The zero-order valence-electron chi connectivity index (χ0n) is 20.0. The van der Waals surface area contributed by atoms with Crippen LogP contribution in [0.3, 0.4) is 0 Å². The second-order valence-electron chi connectivity index (χ2n) is 9.60. The van der Waals surface area contributed by atoms with Gasteiger partial charge in [-0.3, -0.25) is 9.59 Å². The molecular weight excluding hydrogens is 444 g/mol. The third kappa shape index (κ3) is 6.62. The van der Waals surface area contributed by atoms with Crippen LogP contribution in [0.5, 0.6) is 0 Å². The SMILES string of the molecule is O=C(O)CCCCCNC(=O)C[C@H]1CC[C@@H](NC(=O)OCC2c3ccccc3-c3ccccc32)C1. The lowest BCUT2D eigenvalue weighted by Gasteiger charge is -2.17. The number of fused-ring (bicyclic) bond motifs is 3. The van der Waals surface area contributed by atoms with Crippen LogP contribution in [0.25, 0.3) is 11.1 Å². The first-order valence-electron chi connectivity index (χ1n) is 12.6. The van der Waals surface area contributed by atoms with Crippen LogP contribution in [0.4, 0.5) is 4.79 Å². The molecule has 0 saturated heterocycles. The summed E-state index contributed by atoms with van der Waals surface area (Å²) in [6.45, 7) is 0.873. The van der Waals surface area contributed by atoms with Crippen LogP contribution in [0.2, 0.25) is 0 Å². The molecule has 0 aliphatic heterocycles. The van der Waals surface area contributed by atoms with E-state index in [0.717, 1.165) is 32.1 Å². The lowest BCUT2D eigenvalue weighted by molar-refractivity contribution is -0.137. The number of carbonyl (C=O) groups is 3. The van der Waals surface area contributed by atoms with E-state index in [1.54, 1.807) is 0 Å². The van der Waals surface area contributed by atoms with E-state index in [4.69, 9.17) is 9.84 Å². The summed E-state index contributed by atoms with van der Waals surface area (Å²) in [4.78, 5) is 35.2. The van der Waals surface area contributed by atoms with Gasteiger partial charge in [-0.1, -0.05) is 55.0 Å². The minimum absolute atomic E-state index is 0.0232. The number of hydrogen-bond acceptors (Lipinski definition) is 4.